The topological polar surface area (TPSA) is 76.1 Å². The molecule has 0 aromatic carbocycles. The molecule has 1 aromatic rings. The average molecular weight is 284 g/mol. The number of pyridine rings is 1. The van der Waals surface area contributed by atoms with Crippen LogP contribution in [-0.4, -0.2) is 37.5 Å². The summed E-state index contributed by atoms with van der Waals surface area (Å²) in [6.07, 6.45) is 3.45. The molecule has 1 rings (SSSR count). The number of carbonyl (C=O) groups excluding carboxylic acids is 1. The molecule has 0 saturated carbocycles. The molecule has 1 aromatic heterocycles. The molecule has 19 heavy (non-hydrogen) atoms. The highest BCUT2D eigenvalue weighted by Crippen LogP contribution is 2.07. The van der Waals surface area contributed by atoms with E-state index in [2.05, 4.69) is 10.3 Å². The molecule has 0 aliphatic heterocycles. The van der Waals surface area contributed by atoms with Gasteiger partial charge >= 0.3 is 0 Å². The van der Waals surface area contributed by atoms with Gasteiger partial charge in [-0.3, -0.25) is 9.78 Å². The van der Waals surface area contributed by atoms with Crippen LogP contribution in [0.1, 0.15) is 25.8 Å². The van der Waals surface area contributed by atoms with Gasteiger partial charge < -0.3 is 5.32 Å². The molecule has 1 unspecified atom stereocenters. The lowest BCUT2D eigenvalue weighted by Crippen LogP contribution is -2.42. The van der Waals surface area contributed by atoms with E-state index >= 15 is 0 Å². The van der Waals surface area contributed by atoms with E-state index in [0.717, 1.165) is 0 Å². The molecule has 6 heteroatoms. The van der Waals surface area contributed by atoms with Crippen molar-refractivity contribution in [3.8, 4) is 0 Å². The van der Waals surface area contributed by atoms with Crippen LogP contribution in [0.4, 0.5) is 0 Å². The maximum absolute atomic E-state index is 12.1. The highest BCUT2D eigenvalue weighted by Gasteiger charge is 2.23. The van der Waals surface area contributed by atoms with Crippen LogP contribution in [0.25, 0.3) is 0 Å². The number of likely N-dealkylation sites (N-methyl/N-ethyl adjacent to an activating group) is 1. The van der Waals surface area contributed by atoms with Gasteiger partial charge in [0.1, 0.15) is 0 Å². The number of nitrogens with one attached hydrogen (secondary N) is 1. The van der Waals surface area contributed by atoms with Gasteiger partial charge in [0.25, 0.3) is 0 Å². The predicted molar refractivity (Wildman–Crippen MR) is 74.5 cm³/mol. The van der Waals surface area contributed by atoms with Gasteiger partial charge in [0.05, 0.1) is 17.5 Å². The zero-order chi connectivity index (χ0) is 14.3. The van der Waals surface area contributed by atoms with Crippen LogP contribution in [0.15, 0.2) is 24.5 Å². The Morgan fingerprint density at radius 2 is 1.95 bits per heavy atom. The number of carbonyl (C=O) groups is 1. The molecular weight excluding hydrogens is 264 g/mol. The molecule has 0 aliphatic rings. The van der Waals surface area contributed by atoms with E-state index < -0.39 is 15.9 Å². The van der Waals surface area contributed by atoms with Crippen LogP contribution in [0.2, 0.25) is 0 Å². The first-order valence-corrected chi connectivity index (χ1v) is 8.16. The zero-order valence-corrected chi connectivity index (χ0v) is 12.1. The van der Waals surface area contributed by atoms with Crippen LogP contribution in [0, 0.1) is 0 Å². The fourth-order valence-electron chi connectivity index (χ4n) is 1.80. The standard InChI is InChI=1S/C13H20N2O3S/c1-3-13(16)12(15-4-2)10-19(17,18)9-11-5-7-14-8-6-11/h5-8,12,15H,3-4,9-10H2,1-2H3. The Labute approximate surface area is 114 Å². The first-order valence-electron chi connectivity index (χ1n) is 6.34. The number of hydrogen-bond donors (Lipinski definition) is 1. The number of sulfone groups is 1. The Morgan fingerprint density at radius 3 is 2.47 bits per heavy atom. The molecule has 5 nitrogen and oxygen atoms in total. The largest absolute Gasteiger partial charge is 0.307 e. The molecule has 0 aliphatic carbocycles. The van der Waals surface area contributed by atoms with Gasteiger partial charge in [-0.2, -0.15) is 0 Å². The minimum Gasteiger partial charge on any atom is -0.307 e. The van der Waals surface area contributed by atoms with E-state index in [-0.39, 0.29) is 17.3 Å². The highest BCUT2D eigenvalue weighted by molar-refractivity contribution is 7.90. The minimum atomic E-state index is -3.32. The van der Waals surface area contributed by atoms with Gasteiger partial charge in [-0.05, 0) is 24.2 Å². The quantitative estimate of drug-likeness (QED) is 0.769. The van der Waals surface area contributed by atoms with E-state index in [0.29, 0.717) is 18.5 Å². The van der Waals surface area contributed by atoms with Crippen LogP contribution >= 0.6 is 0 Å². The maximum atomic E-state index is 12.1. The molecule has 106 valence electrons. The first kappa shape index (κ1) is 15.8. The zero-order valence-electron chi connectivity index (χ0n) is 11.3. The summed E-state index contributed by atoms with van der Waals surface area (Å²) in [7, 11) is -3.32. The van der Waals surface area contributed by atoms with Gasteiger partial charge in [0, 0.05) is 18.8 Å². The van der Waals surface area contributed by atoms with Crippen molar-refractivity contribution in [1.29, 1.82) is 0 Å². The predicted octanol–water partition coefficient (Wildman–Crippen LogP) is 0.954. The van der Waals surface area contributed by atoms with Crippen molar-refractivity contribution in [3.05, 3.63) is 30.1 Å². The van der Waals surface area contributed by atoms with Crippen LogP contribution < -0.4 is 5.32 Å². The molecule has 1 atom stereocenters. The third-order valence-electron chi connectivity index (χ3n) is 2.74. The molecule has 0 fully saturated rings. The second-order valence-electron chi connectivity index (χ2n) is 4.34. The second-order valence-corrected chi connectivity index (χ2v) is 6.45. The Kier molecular flexibility index (Phi) is 6.11. The number of nitrogens with zero attached hydrogens (tertiary/aromatic N) is 1. The van der Waals surface area contributed by atoms with Gasteiger partial charge in [-0.1, -0.05) is 13.8 Å². The maximum Gasteiger partial charge on any atom is 0.156 e. The summed E-state index contributed by atoms with van der Waals surface area (Å²) in [6.45, 7) is 4.16. The van der Waals surface area contributed by atoms with Gasteiger partial charge in [-0.25, -0.2) is 8.42 Å². The van der Waals surface area contributed by atoms with Gasteiger partial charge in [0.15, 0.2) is 15.6 Å². The lowest BCUT2D eigenvalue weighted by Gasteiger charge is -2.16. The van der Waals surface area contributed by atoms with Crippen molar-refractivity contribution in [1.82, 2.24) is 10.3 Å². The summed E-state index contributed by atoms with van der Waals surface area (Å²) in [4.78, 5) is 15.5. The van der Waals surface area contributed by atoms with E-state index in [1.807, 2.05) is 6.92 Å². The molecule has 1 N–H and O–H groups in total. The minimum absolute atomic E-state index is 0.0611. The monoisotopic (exact) mass is 284 g/mol. The Hall–Kier alpha value is -1.27. The molecule has 0 bridgehead atoms. The number of aromatic nitrogens is 1. The number of ketones is 1. The molecule has 0 saturated heterocycles. The van der Waals surface area contributed by atoms with Crippen LogP contribution in [-0.2, 0) is 20.4 Å². The average Bonchev–Trinajstić information content (AvgIpc) is 2.37. The fourth-order valence-corrected chi connectivity index (χ4v) is 3.43. The van der Waals surface area contributed by atoms with Crippen LogP contribution in [0.3, 0.4) is 0 Å². The van der Waals surface area contributed by atoms with E-state index in [1.54, 1.807) is 31.5 Å². The van der Waals surface area contributed by atoms with Crippen molar-refractivity contribution in [2.24, 2.45) is 0 Å². The molecular formula is C13H20N2O3S. The van der Waals surface area contributed by atoms with E-state index in [9.17, 15) is 13.2 Å². The lowest BCUT2D eigenvalue weighted by atomic mass is 10.2. The Morgan fingerprint density at radius 1 is 1.32 bits per heavy atom. The Bertz CT molecular complexity index is 500. The van der Waals surface area contributed by atoms with Crippen molar-refractivity contribution < 1.29 is 13.2 Å². The number of Topliss-reactive ketones (excluding diaryl/α,β-unsaturated/α-hetero) is 1. The van der Waals surface area contributed by atoms with Gasteiger partial charge in [-0.15, -0.1) is 0 Å². The number of rotatable bonds is 8. The first-order chi connectivity index (χ1) is 8.98. The summed E-state index contributed by atoms with van der Waals surface area (Å²) < 4.78 is 24.2. The van der Waals surface area contributed by atoms with Crippen molar-refractivity contribution >= 4 is 15.6 Å². The van der Waals surface area contributed by atoms with Crippen molar-refractivity contribution in [2.45, 2.75) is 32.1 Å². The van der Waals surface area contributed by atoms with E-state index in [4.69, 9.17) is 0 Å². The summed E-state index contributed by atoms with van der Waals surface area (Å²) in [5, 5.41) is 2.93. The third kappa shape index (κ3) is 5.48. The molecule has 0 spiro atoms. The van der Waals surface area contributed by atoms with Gasteiger partial charge in [0.2, 0.25) is 0 Å². The summed E-state index contributed by atoms with van der Waals surface area (Å²) in [5.74, 6) is -0.287. The SMILES string of the molecule is CCNC(CS(=O)(=O)Cc1ccncc1)C(=O)CC. The highest BCUT2D eigenvalue weighted by atomic mass is 32.2. The molecule has 1 heterocycles. The summed E-state index contributed by atoms with van der Waals surface area (Å²) in [5.41, 5.74) is 0.689. The van der Waals surface area contributed by atoms with Crippen molar-refractivity contribution in [3.63, 3.8) is 0 Å². The van der Waals surface area contributed by atoms with E-state index in [1.165, 1.54) is 0 Å². The Balaban J connectivity index is 2.74. The van der Waals surface area contributed by atoms with Crippen molar-refractivity contribution in [2.75, 3.05) is 12.3 Å². The summed E-state index contributed by atoms with van der Waals surface area (Å²) in [6, 6.07) is 2.73. The summed E-state index contributed by atoms with van der Waals surface area (Å²) >= 11 is 0. The number of hydrogen-bond acceptors (Lipinski definition) is 5. The second kappa shape index (κ2) is 7.35. The molecule has 0 radical (unpaired) electrons. The third-order valence-corrected chi connectivity index (χ3v) is 4.36. The fraction of sp³-hybridized carbons (Fsp3) is 0.538. The molecule has 0 amide bonds. The van der Waals surface area contributed by atoms with Crippen LogP contribution in [0.5, 0.6) is 0 Å². The lowest BCUT2D eigenvalue weighted by molar-refractivity contribution is -0.120. The normalized spacial score (nSPS) is 13.2. The smallest absolute Gasteiger partial charge is 0.156 e.